The maximum Gasteiger partial charge on any atom is 0.509 e. The summed E-state index contributed by atoms with van der Waals surface area (Å²) < 4.78 is 42.7. The second kappa shape index (κ2) is 5.97. The SMILES string of the molecule is [2H]c1cn([C@@H]2O[C@](F)(COC(=O)[C@H](C)N)[C@H]3OC(=O)O[C@@H]23)c(=O)[nH]c1=O. The number of hydrogen-bond donors (Lipinski definition) is 2. The van der Waals surface area contributed by atoms with Crippen LogP contribution >= 0.6 is 0 Å². The van der Waals surface area contributed by atoms with Crippen LogP contribution in [-0.4, -0.2) is 52.4 Å². The Morgan fingerprint density at radius 2 is 2.28 bits per heavy atom. The Kier molecular flexibility index (Phi) is 3.77. The summed E-state index contributed by atoms with van der Waals surface area (Å²) >= 11 is 0. The van der Waals surface area contributed by atoms with Crippen LogP contribution < -0.4 is 17.0 Å². The van der Waals surface area contributed by atoms with Crippen molar-refractivity contribution in [1.29, 1.82) is 0 Å². The summed E-state index contributed by atoms with van der Waals surface area (Å²) in [4.78, 5) is 48.0. The van der Waals surface area contributed by atoms with Gasteiger partial charge in [0.25, 0.3) is 11.4 Å². The van der Waals surface area contributed by atoms with Crippen molar-refractivity contribution in [2.24, 2.45) is 5.73 Å². The number of aromatic amines is 1. The Morgan fingerprint density at radius 1 is 1.56 bits per heavy atom. The van der Waals surface area contributed by atoms with Crippen molar-refractivity contribution in [3.63, 3.8) is 0 Å². The first-order chi connectivity index (χ1) is 12.1. The monoisotopic (exact) mass is 360 g/mol. The summed E-state index contributed by atoms with van der Waals surface area (Å²) in [5, 5.41) is 0. The molecule has 2 aliphatic heterocycles. The van der Waals surface area contributed by atoms with Crippen molar-refractivity contribution in [3.05, 3.63) is 33.1 Å². The summed E-state index contributed by atoms with van der Waals surface area (Å²) in [6.07, 6.45) is -5.02. The number of H-pyrrole nitrogens is 1. The number of carbonyl (C=O) groups excluding carboxylic acids is 2. The van der Waals surface area contributed by atoms with Crippen LogP contribution in [-0.2, 0) is 23.7 Å². The van der Waals surface area contributed by atoms with Crippen LogP contribution in [0.1, 0.15) is 14.5 Å². The number of halogens is 1. The van der Waals surface area contributed by atoms with Gasteiger partial charge in [0.1, 0.15) is 6.04 Å². The van der Waals surface area contributed by atoms with Gasteiger partial charge in [0.05, 0.1) is 1.37 Å². The molecule has 0 saturated carbocycles. The quantitative estimate of drug-likeness (QED) is 0.613. The lowest BCUT2D eigenvalue weighted by Gasteiger charge is -2.23. The van der Waals surface area contributed by atoms with Crippen LogP contribution in [0.3, 0.4) is 0 Å². The molecule has 3 rings (SSSR count). The maximum atomic E-state index is 15.2. The molecule has 11 nitrogen and oxygen atoms in total. The number of nitrogens with one attached hydrogen (secondary N) is 1. The Morgan fingerprint density at radius 3 is 2.96 bits per heavy atom. The first-order valence-electron chi connectivity index (χ1n) is 7.60. The van der Waals surface area contributed by atoms with Crippen LogP contribution in [0.2, 0.25) is 0 Å². The third kappa shape index (κ3) is 3.00. The molecule has 0 bridgehead atoms. The van der Waals surface area contributed by atoms with E-state index >= 15 is 4.39 Å². The standard InChI is InChI=1S/C13H14FN3O8/c1-5(15)10(19)22-4-13(14)8-7(23-12(21)24-8)9(25-13)17-3-2-6(18)16-11(17)20/h2-3,5,7-9H,4,15H2,1H3,(H,16,18,20)/t5-,7+,8-,9+,13+/m0/s1/i2D. The van der Waals surface area contributed by atoms with Gasteiger partial charge in [0.2, 0.25) is 6.10 Å². The van der Waals surface area contributed by atoms with Crippen molar-refractivity contribution in [2.45, 2.75) is 37.3 Å². The molecule has 0 aromatic carbocycles. The number of alkyl halides is 1. The number of fused-ring (bicyclic) bond motifs is 1. The number of nitrogens with two attached hydrogens (primary N) is 1. The van der Waals surface area contributed by atoms with Crippen molar-refractivity contribution in [3.8, 4) is 0 Å². The lowest BCUT2D eigenvalue weighted by Crippen LogP contribution is -2.44. The molecule has 0 aliphatic carbocycles. The topological polar surface area (TPSA) is 152 Å². The molecule has 2 fully saturated rings. The van der Waals surface area contributed by atoms with Gasteiger partial charge in [-0.3, -0.25) is 19.1 Å². The fourth-order valence-corrected chi connectivity index (χ4v) is 2.45. The molecule has 2 aliphatic rings. The van der Waals surface area contributed by atoms with E-state index in [0.29, 0.717) is 4.57 Å². The smallest absolute Gasteiger partial charge is 0.458 e. The fourth-order valence-electron chi connectivity index (χ4n) is 2.45. The number of carbonyl (C=O) groups is 2. The van der Waals surface area contributed by atoms with Gasteiger partial charge in [-0.15, -0.1) is 0 Å². The molecule has 0 spiro atoms. The molecule has 0 radical (unpaired) electrons. The highest BCUT2D eigenvalue weighted by molar-refractivity contribution is 5.74. The van der Waals surface area contributed by atoms with E-state index in [1.165, 1.54) is 6.92 Å². The summed E-state index contributed by atoms with van der Waals surface area (Å²) in [5.74, 6) is -3.75. The van der Waals surface area contributed by atoms with E-state index in [0.717, 1.165) is 6.20 Å². The van der Waals surface area contributed by atoms with Crippen LogP contribution in [0, 0.1) is 0 Å². The molecule has 5 atom stereocenters. The van der Waals surface area contributed by atoms with Gasteiger partial charge in [-0.05, 0) is 6.92 Å². The van der Waals surface area contributed by atoms with E-state index in [9.17, 15) is 19.2 Å². The number of aromatic nitrogens is 2. The van der Waals surface area contributed by atoms with E-state index in [4.69, 9.17) is 26.1 Å². The lowest BCUT2D eigenvalue weighted by atomic mass is 10.1. The molecular weight excluding hydrogens is 345 g/mol. The average Bonchev–Trinajstić information content (AvgIpc) is 3.06. The Bertz CT molecular complexity index is 870. The van der Waals surface area contributed by atoms with Gasteiger partial charge >= 0.3 is 17.8 Å². The Labute approximate surface area is 139 Å². The van der Waals surface area contributed by atoms with Crippen molar-refractivity contribution >= 4 is 12.1 Å². The Balaban J connectivity index is 1.93. The molecule has 0 amide bonds. The van der Waals surface area contributed by atoms with Crippen LogP contribution in [0.25, 0.3) is 0 Å². The van der Waals surface area contributed by atoms with Gasteiger partial charge in [0.15, 0.2) is 18.9 Å². The number of esters is 1. The van der Waals surface area contributed by atoms with Crippen LogP contribution in [0.4, 0.5) is 9.18 Å². The summed E-state index contributed by atoms with van der Waals surface area (Å²) in [5.41, 5.74) is 3.33. The third-order valence-corrected chi connectivity index (χ3v) is 3.62. The maximum absolute atomic E-state index is 15.2. The van der Waals surface area contributed by atoms with E-state index < -0.39 is 66.4 Å². The highest BCUT2D eigenvalue weighted by Crippen LogP contribution is 2.44. The average molecular weight is 360 g/mol. The minimum absolute atomic E-state index is 0.602. The molecule has 136 valence electrons. The summed E-state index contributed by atoms with van der Waals surface area (Å²) in [6, 6.07) is -1.63. The van der Waals surface area contributed by atoms with E-state index in [1.54, 1.807) is 0 Å². The first-order valence-corrected chi connectivity index (χ1v) is 7.10. The third-order valence-electron chi connectivity index (χ3n) is 3.62. The number of rotatable bonds is 4. The second-order valence-corrected chi connectivity index (χ2v) is 5.50. The predicted octanol–water partition coefficient (Wildman–Crippen LogP) is -1.47. The number of nitrogens with zero attached hydrogens (tertiary/aromatic N) is 1. The minimum Gasteiger partial charge on any atom is -0.458 e. The predicted molar refractivity (Wildman–Crippen MR) is 75.0 cm³/mol. The minimum atomic E-state index is -2.83. The molecule has 3 heterocycles. The molecule has 25 heavy (non-hydrogen) atoms. The fraction of sp³-hybridized carbons (Fsp3) is 0.538. The summed E-state index contributed by atoms with van der Waals surface area (Å²) in [6.45, 7) is 0.343. The van der Waals surface area contributed by atoms with Crippen LogP contribution in [0.5, 0.6) is 0 Å². The van der Waals surface area contributed by atoms with E-state index in [-0.39, 0.29) is 0 Å². The molecule has 12 heteroatoms. The highest BCUT2D eigenvalue weighted by atomic mass is 19.2. The summed E-state index contributed by atoms with van der Waals surface area (Å²) in [7, 11) is 0. The van der Waals surface area contributed by atoms with Gasteiger partial charge in [0, 0.05) is 12.2 Å². The van der Waals surface area contributed by atoms with Gasteiger partial charge in [-0.25, -0.2) is 14.0 Å². The molecular formula is C13H14FN3O8. The van der Waals surface area contributed by atoms with Crippen LogP contribution in [0.15, 0.2) is 21.8 Å². The zero-order valence-corrected chi connectivity index (χ0v) is 12.8. The van der Waals surface area contributed by atoms with Gasteiger partial charge in [-0.2, -0.15) is 0 Å². The van der Waals surface area contributed by atoms with E-state index in [1.807, 2.05) is 4.98 Å². The largest absolute Gasteiger partial charge is 0.509 e. The molecule has 1 aromatic heterocycles. The normalized spacial score (nSPS) is 32.4. The Hall–Kier alpha value is -2.73. The zero-order chi connectivity index (χ0) is 19.2. The van der Waals surface area contributed by atoms with Crippen molar-refractivity contribution in [1.82, 2.24) is 9.55 Å². The molecule has 1 aromatic rings. The van der Waals surface area contributed by atoms with Gasteiger partial charge < -0.3 is 24.7 Å². The molecule has 3 N–H and O–H groups in total. The van der Waals surface area contributed by atoms with Gasteiger partial charge in [-0.1, -0.05) is 0 Å². The molecule has 2 saturated heterocycles. The van der Waals surface area contributed by atoms with Crippen molar-refractivity contribution < 1.29 is 34.3 Å². The zero-order valence-electron chi connectivity index (χ0n) is 13.8. The lowest BCUT2D eigenvalue weighted by molar-refractivity contribution is -0.219. The van der Waals surface area contributed by atoms with E-state index in [2.05, 4.69) is 0 Å². The second-order valence-electron chi connectivity index (χ2n) is 5.50. The molecule has 0 unspecified atom stereocenters. The number of hydrogen-bond acceptors (Lipinski definition) is 9. The highest BCUT2D eigenvalue weighted by Gasteiger charge is 2.65. The first kappa shape index (κ1) is 15.8. The number of ether oxygens (including phenoxy) is 4. The van der Waals surface area contributed by atoms with Crippen molar-refractivity contribution in [2.75, 3.05) is 6.61 Å².